The maximum absolute atomic E-state index is 4.50. The fourth-order valence-corrected chi connectivity index (χ4v) is 7.57. The fraction of sp³-hybridized carbons (Fsp3) is 0.0732. The van der Waals surface area contributed by atoms with Crippen molar-refractivity contribution in [2.75, 3.05) is 0 Å². The number of hydrogen-bond donors (Lipinski definition) is 0. The molecule has 0 saturated carbocycles. The summed E-state index contributed by atoms with van der Waals surface area (Å²) in [6, 6.07) is 43.5. The first-order valence-corrected chi connectivity index (χ1v) is 15.9. The molecule has 0 aliphatic heterocycles. The van der Waals surface area contributed by atoms with Crippen LogP contribution in [-0.2, 0) is 27.2 Å². The van der Waals surface area contributed by atoms with Gasteiger partial charge in [0.1, 0.15) is 0 Å². The first kappa shape index (κ1) is 30.0. The molecular weight excluding hydrogens is 759 g/mol. The van der Waals surface area contributed by atoms with Gasteiger partial charge < -0.3 is 9.55 Å². The van der Waals surface area contributed by atoms with Crippen LogP contribution >= 0.6 is 11.3 Å². The molecule has 3 aromatic heterocycles. The molecule has 0 amide bonds. The number of aromatic nitrogens is 3. The number of benzene rings is 6. The predicted octanol–water partition coefficient (Wildman–Crippen LogP) is 10.9. The van der Waals surface area contributed by atoms with Gasteiger partial charge >= 0.3 is 0 Å². The third-order valence-corrected chi connectivity index (χ3v) is 9.53. The Hall–Kier alpha value is -4.67. The summed E-state index contributed by atoms with van der Waals surface area (Å²) in [5.74, 6) is 0.946. The van der Waals surface area contributed by atoms with E-state index in [2.05, 4.69) is 121 Å². The van der Waals surface area contributed by atoms with Crippen LogP contribution in [0.3, 0.4) is 0 Å². The standard InChI is InChI=1S/C28H17N2S.C13H12N.Ir/c1-30-13-12-29-28(30)17-10-11-22-25-15-23-20-8-4-2-6-18(20)19-7-3-5-9-21(19)24(23)16-27(25)31-26(22)14-17;1-10-7-11(2)9-12(8-10)13-5-3-4-6-14-13;/h2-9,11-16H,1H3;3-8H,1-2H3;/q2*-1;. The molecule has 0 bridgehead atoms. The first-order chi connectivity index (χ1) is 22.0. The summed E-state index contributed by atoms with van der Waals surface area (Å²) in [6.07, 6.45) is 5.61. The number of nitrogens with zero attached hydrogens (tertiary/aromatic N) is 3. The summed E-state index contributed by atoms with van der Waals surface area (Å²) in [6.45, 7) is 4.15. The van der Waals surface area contributed by atoms with Gasteiger partial charge in [0.15, 0.2) is 0 Å². The van der Waals surface area contributed by atoms with Gasteiger partial charge in [-0.1, -0.05) is 86.0 Å². The molecule has 6 aromatic carbocycles. The Morgan fingerprint density at radius 2 is 1.26 bits per heavy atom. The number of imidazole rings is 1. The van der Waals surface area contributed by atoms with E-state index < -0.39 is 0 Å². The average molecular weight is 788 g/mol. The van der Waals surface area contributed by atoms with Gasteiger partial charge in [0.25, 0.3) is 0 Å². The Morgan fingerprint density at radius 3 is 1.89 bits per heavy atom. The number of pyridine rings is 1. The molecule has 0 aliphatic rings. The van der Waals surface area contributed by atoms with Gasteiger partial charge in [-0.05, 0) is 60.2 Å². The minimum absolute atomic E-state index is 0. The van der Waals surface area contributed by atoms with Crippen molar-refractivity contribution in [2.24, 2.45) is 7.05 Å². The summed E-state index contributed by atoms with van der Waals surface area (Å²) in [5, 5.41) is 10.5. The van der Waals surface area contributed by atoms with Gasteiger partial charge in [0.2, 0.25) is 0 Å². The van der Waals surface area contributed by atoms with Crippen molar-refractivity contribution in [1.82, 2.24) is 14.5 Å². The monoisotopic (exact) mass is 788 g/mol. The quantitative estimate of drug-likeness (QED) is 0.129. The minimum Gasteiger partial charge on any atom is -0.373 e. The van der Waals surface area contributed by atoms with E-state index in [1.165, 1.54) is 58.1 Å². The average Bonchev–Trinajstić information content (AvgIpc) is 3.66. The zero-order valence-corrected chi connectivity index (χ0v) is 28.8. The molecule has 1 radical (unpaired) electrons. The molecule has 0 aliphatic carbocycles. The van der Waals surface area contributed by atoms with Crippen LogP contribution in [0, 0.1) is 26.0 Å². The number of fused-ring (bicyclic) bond motifs is 9. The van der Waals surface area contributed by atoms with E-state index in [4.69, 9.17) is 0 Å². The molecule has 46 heavy (non-hydrogen) atoms. The zero-order valence-electron chi connectivity index (χ0n) is 25.6. The van der Waals surface area contributed by atoms with Crippen LogP contribution in [0.1, 0.15) is 11.1 Å². The number of thiophene rings is 1. The van der Waals surface area contributed by atoms with Crippen LogP contribution in [0.2, 0.25) is 0 Å². The molecule has 0 unspecified atom stereocenters. The number of rotatable bonds is 2. The summed E-state index contributed by atoms with van der Waals surface area (Å²) >= 11 is 1.85. The van der Waals surface area contributed by atoms with Crippen LogP contribution in [0.25, 0.3) is 75.1 Å². The van der Waals surface area contributed by atoms with Gasteiger partial charge in [-0.3, -0.25) is 4.98 Å². The molecule has 3 heterocycles. The van der Waals surface area contributed by atoms with Crippen molar-refractivity contribution in [2.45, 2.75) is 13.8 Å². The van der Waals surface area contributed by atoms with E-state index in [9.17, 15) is 0 Å². The number of aryl methyl sites for hydroxylation is 3. The van der Waals surface area contributed by atoms with Crippen molar-refractivity contribution in [3.05, 3.63) is 145 Å². The SMILES string of the molecule is Cc1[c-]c(-c2ccccn2)cc(C)c1.Cn1ccnc1-c1[c-]cc2c(c1)sc1cc3c4ccccc4c4ccccc4c3cc12.[Ir]. The summed E-state index contributed by atoms with van der Waals surface area (Å²) < 4.78 is 4.63. The molecule has 225 valence electrons. The largest absolute Gasteiger partial charge is 0.373 e. The van der Waals surface area contributed by atoms with E-state index in [-0.39, 0.29) is 20.1 Å². The number of hydrogen-bond acceptors (Lipinski definition) is 3. The molecule has 0 N–H and O–H groups in total. The van der Waals surface area contributed by atoms with Crippen molar-refractivity contribution < 1.29 is 20.1 Å². The van der Waals surface area contributed by atoms with E-state index in [0.717, 1.165) is 28.2 Å². The van der Waals surface area contributed by atoms with Gasteiger partial charge in [0, 0.05) is 50.4 Å². The van der Waals surface area contributed by atoms with Gasteiger partial charge in [-0.2, -0.15) is 11.3 Å². The maximum Gasteiger partial charge on any atom is 0.0556 e. The van der Waals surface area contributed by atoms with Gasteiger partial charge in [-0.15, -0.1) is 58.7 Å². The summed E-state index contributed by atoms with van der Waals surface area (Å²) in [7, 11) is 2.02. The molecular formula is C41H29IrN3S-2. The Kier molecular flexibility index (Phi) is 8.00. The van der Waals surface area contributed by atoms with E-state index in [1.54, 1.807) is 6.20 Å². The van der Waals surface area contributed by atoms with E-state index in [0.29, 0.717) is 0 Å². The van der Waals surface area contributed by atoms with Crippen LogP contribution in [0.15, 0.2) is 122 Å². The molecule has 9 aromatic rings. The van der Waals surface area contributed by atoms with Crippen molar-refractivity contribution in [3.63, 3.8) is 0 Å². The van der Waals surface area contributed by atoms with E-state index >= 15 is 0 Å². The first-order valence-electron chi connectivity index (χ1n) is 15.0. The molecule has 9 rings (SSSR count). The third-order valence-electron chi connectivity index (χ3n) is 8.42. The van der Waals surface area contributed by atoms with E-state index in [1.807, 2.05) is 53.5 Å². The Labute approximate surface area is 285 Å². The fourth-order valence-electron chi connectivity index (χ4n) is 6.42. The third kappa shape index (κ3) is 5.31. The second kappa shape index (κ2) is 12.3. The van der Waals surface area contributed by atoms with Crippen molar-refractivity contribution >= 4 is 63.8 Å². The van der Waals surface area contributed by atoms with Crippen LogP contribution in [0.4, 0.5) is 0 Å². The summed E-state index contributed by atoms with van der Waals surface area (Å²) in [4.78, 5) is 8.80. The maximum atomic E-state index is 4.50. The van der Waals surface area contributed by atoms with Crippen molar-refractivity contribution in [3.8, 4) is 22.6 Å². The molecule has 3 nitrogen and oxygen atoms in total. The van der Waals surface area contributed by atoms with Crippen LogP contribution < -0.4 is 0 Å². The summed E-state index contributed by atoms with van der Waals surface area (Å²) in [5.41, 5.74) is 5.50. The smallest absolute Gasteiger partial charge is 0.0556 e. The van der Waals surface area contributed by atoms with Gasteiger partial charge in [-0.25, -0.2) is 0 Å². The Balaban J connectivity index is 0.000000191. The normalized spacial score (nSPS) is 11.2. The Bertz CT molecular complexity index is 2510. The van der Waals surface area contributed by atoms with Gasteiger partial charge in [0.05, 0.1) is 5.82 Å². The van der Waals surface area contributed by atoms with Crippen LogP contribution in [-0.4, -0.2) is 14.5 Å². The Morgan fingerprint density at radius 1 is 0.609 bits per heavy atom. The topological polar surface area (TPSA) is 30.7 Å². The molecule has 5 heteroatoms. The second-order valence-electron chi connectivity index (χ2n) is 11.5. The second-order valence-corrected chi connectivity index (χ2v) is 12.6. The minimum atomic E-state index is 0. The molecule has 0 fully saturated rings. The predicted molar refractivity (Wildman–Crippen MR) is 191 cm³/mol. The van der Waals surface area contributed by atoms with Crippen molar-refractivity contribution in [1.29, 1.82) is 0 Å². The van der Waals surface area contributed by atoms with Crippen LogP contribution in [0.5, 0.6) is 0 Å². The molecule has 0 atom stereocenters. The molecule has 0 spiro atoms. The zero-order chi connectivity index (χ0) is 30.5. The molecule has 0 saturated heterocycles.